The predicted molar refractivity (Wildman–Crippen MR) is 124 cm³/mol. The van der Waals surface area contributed by atoms with Crippen molar-refractivity contribution in [2.75, 3.05) is 24.2 Å². The number of urea groups is 1. The van der Waals surface area contributed by atoms with Crippen LogP contribution in [0.4, 0.5) is 9.93 Å². The van der Waals surface area contributed by atoms with Gasteiger partial charge in [0.15, 0.2) is 5.13 Å². The van der Waals surface area contributed by atoms with E-state index in [9.17, 15) is 14.1 Å². The van der Waals surface area contributed by atoms with Crippen LogP contribution >= 0.6 is 11.3 Å². The van der Waals surface area contributed by atoms with Crippen LogP contribution in [0, 0.1) is 5.92 Å². The van der Waals surface area contributed by atoms with Crippen molar-refractivity contribution in [2.45, 2.75) is 49.5 Å². The Morgan fingerprint density at radius 1 is 1.28 bits per heavy atom. The zero-order valence-corrected chi connectivity index (χ0v) is 19.7. The van der Waals surface area contributed by atoms with E-state index in [1.807, 2.05) is 35.2 Å². The summed E-state index contributed by atoms with van der Waals surface area (Å²) in [5.74, 6) is -0.965. The fraction of sp³-hybridized carbons (Fsp3) is 0.500. The fourth-order valence-electron chi connectivity index (χ4n) is 3.70. The number of aliphatic carboxylic acids is 1. The van der Waals surface area contributed by atoms with E-state index in [0.717, 1.165) is 42.6 Å². The second-order valence-electron chi connectivity index (χ2n) is 7.94. The van der Waals surface area contributed by atoms with Gasteiger partial charge in [-0.15, -0.1) is 0 Å². The summed E-state index contributed by atoms with van der Waals surface area (Å²) in [5, 5.41) is 11.9. The summed E-state index contributed by atoms with van der Waals surface area (Å²) in [6.07, 6.45) is 5.40. The van der Waals surface area contributed by atoms with Gasteiger partial charge in [-0.3, -0.25) is 5.32 Å². The standard InChI is InChI=1S/C22H29N3O5S2/c1-16-7-9-18(10-8-16)25(11-12-30-14-17-5-3-2-4-6-17)22(28)24-21-23-13-20(31-21)32(29)15-19(26)27/h2-6,13,16,18H,7-12,14-15H2,1H3,(H,26,27)(H,23,24,28)/t16-,18-,32?. The van der Waals surface area contributed by atoms with Crippen LogP contribution in [0.5, 0.6) is 0 Å². The van der Waals surface area contributed by atoms with E-state index in [4.69, 9.17) is 9.84 Å². The minimum Gasteiger partial charge on any atom is -0.610 e. The summed E-state index contributed by atoms with van der Waals surface area (Å²) in [6, 6.07) is 9.76. The van der Waals surface area contributed by atoms with Crippen LogP contribution in [-0.2, 0) is 27.3 Å². The molecule has 10 heteroatoms. The van der Waals surface area contributed by atoms with Gasteiger partial charge in [-0.05, 0) is 48.5 Å². The number of carboxylic acid groups (broad SMARTS) is 1. The Bertz CT molecular complexity index is 871. The third-order valence-corrected chi connectivity index (χ3v) is 8.03. The number of hydrogen-bond donors (Lipinski definition) is 2. The van der Waals surface area contributed by atoms with Gasteiger partial charge in [0.2, 0.25) is 9.96 Å². The van der Waals surface area contributed by atoms with Crippen molar-refractivity contribution >= 4 is 39.6 Å². The van der Waals surface area contributed by atoms with Crippen molar-refractivity contribution in [3.8, 4) is 0 Å². The average molecular weight is 480 g/mol. The molecule has 0 saturated heterocycles. The Labute approximate surface area is 195 Å². The first-order valence-electron chi connectivity index (χ1n) is 10.7. The van der Waals surface area contributed by atoms with Gasteiger partial charge in [-0.25, -0.2) is 14.6 Å². The second-order valence-corrected chi connectivity index (χ2v) is 10.7. The lowest BCUT2D eigenvalue weighted by Gasteiger charge is -2.36. The number of ether oxygens (including phenoxy) is 1. The number of anilines is 1. The molecule has 2 N–H and O–H groups in total. The SMILES string of the molecule is C[C@H]1CC[C@H](N(CCOCc2ccccc2)C(=O)Nc2ncc([S+]([O-])CC(=O)O)s2)CC1. The molecule has 174 valence electrons. The third kappa shape index (κ3) is 7.47. The maximum absolute atomic E-state index is 13.1. The molecule has 0 aliphatic heterocycles. The molecule has 0 radical (unpaired) electrons. The molecule has 1 aliphatic carbocycles. The molecule has 8 nitrogen and oxygen atoms in total. The van der Waals surface area contributed by atoms with Crippen LogP contribution in [0.25, 0.3) is 0 Å². The fourth-order valence-corrected chi connectivity index (χ4v) is 5.56. The van der Waals surface area contributed by atoms with Gasteiger partial charge in [0.05, 0.1) is 19.4 Å². The summed E-state index contributed by atoms with van der Waals surface area (Å²) in [6.45, 7) is 3.60. The smallest absolute Gasteiger partial charge is 0.354 e. The van der Waals surface area contributed by atoms with E-state index in [0.29, 0.717) is 35.0 Å². The van der Waals surface area contributed by atoms with E-state index in [1.54, 1.807) is 0 Å². The van der Waals surface area contributed by atoms with Crippen LogP contribution in [0.2, 0.25) is 0 Å². The highest BCUT2D eigenvalue weighted by atomic mass is 32.2. The Morgan fingerprint density at radius 2 is 2.00 bits per heavy atom. The Kier molecular flexibility index (Phi) is 9.34. The summed E-state index contributed by atoms with van der Waals surface area (Å²) >= 11 is -0.642. The molecule has 0 spiro atoms. The third-order valence-electron chi connectivity index (χ3n) is 5.45. The number of thiazole rings is 1. The molecule has 1 heterocycles. The highest BCUT2D eigenvalue weighted by Crippen LogP contribution is 2.29. The first kappa shape index (κ1) is 24.5. The van der Waals surface area contributed by atoms with Gasteiger partial charge in [-0.1, -0.05) is 37.3 Å². The Hall–Kier alpha value is -2.14. The summed E-state index contributed by atoms with van der Waals surface area (Å²) < 4.78 is 18.1. The average Bonchev–Trinajstić information content (AvgIpc) is 3.23. The molecule has 0 bridgehead atoms. The van der Waals surface area contributed by atoms with Crippen LogP contribution < -0.4 is 5.32 Å². The maximum atomic E-state index is 13.1. The summed E-state index contributed by atoms with van der Waals surface area (Å²) in [5.41, 5.74) is 1.08. The van der Waals surface area contributed by atoms with Gasteiger partial charge in [0, 0.05) is 23.8 Å². The number of rotatable bonds is 10. The highest BCUT2D eigenvalue weighted by molar-refractivity contribution is 7.94. The Morgan fingerprint density at radius 3 is 2.69 bits per heavy atom. The molecule has 1 aliphatic rings. The van der Waals surface area contributed by atoms with E-state index in [2.05, 4.69) is 17.2 Å². The first-order valence-corrected chi connectivity index (χ1v) is 12.8. The number of nitrogens with one attached hydrogen (secondary N) is 1. The van der Waals surface area contributed by atoms with Crippen molar-refractivity contribution < 1.29 is 24.0 Å². The lowest BCUT2D eigenvalue weighted by atomic mass is 9.86. The molecule has 1 fully saturated rings. The monoisotopic (exact) mass is 479 g/mol. The number of aromatic nitrogens is 1. The van der Waals surface area contributed by atoms with Gasteiger partial charge in [0.1, 0.15) is 0 Å². The molecule has 32 heavy (non-hydrogen) atoms. The maximum Gasteiger partial charge on any atom is 0.354 e. The van der Waals surface area contributed by atoms with E-state index in [1.165, 1.54) is 6.20 Å². The molecule has 2 aromatic rings. The summed E-state index contributed by atoms with van der Waals surface area (Å²) in [7, 11) is 0. The molecule has 1 aromatic heterocycles. The number of benzene rings is 1. The molecule has 2 amide bonds. The van der Waals surface area contributed by atoms with Crippen LogP contribution in [0.1, 0.15) is 38.2 Å². The lowest BCUT2D eigenvalue weighted by molar-refractivity contribution is -0.134. The van der Waals surface area contributed by atoms with E-state index in [-0.39, 0.29) is 12.1 Å². The largest absolute Gasteiger partial charge is 0.610 e. The number of hydrogen-bond acceptors (Lipinski definition) is 6. The number of carboxylic acids is 1. The van der Waals surface area contributed by atoms with E-state index >= 15 is 0 Å². The Balaban J connectivity index is 1.58. The molecule has 3 rings (SSSR count). The normalized spacial score (nSPS) is 19.3. The van der Waals surface area contributed by atoms with Crippen LogP contribution in [0.3, 0.4) is 0 Å². The minimum atomic E-state index is -1.68. The predicted octanol–water partition coefficient (Wildman–Crippen LogP) is 3.96. The molecular formula is C22H29N3O5S2. The van der Waals surface area contributed by atoms with Crippen molar-refractivity contribution in [2.24, 2.45) is 5.92 Å². The zero-order valence-electron chi connectivity index (χ0n) is 18.1. The van der Waals surface area contributed by atoms with Crippen molar-refractivity contribution in [1.29, 1.82) is 0 Å². The molecule has 1 saturated carbocycles. The molecule has 1 aromatic carbocycles. The van der Waals surface area contributed by atoms with Crippen LogP contribution in [0.15, 0.2) is 40.7 Å². The number of amides is 2. The van der Waals surface area contributed by atoms with Crippen molar-refractivity contribution in [3.63, 3.8) is 0 Å². The molecular weight excluding hydrogens is 450 g/mol. The van der Waals surface area contributed by atoms with Gasteiger partial charge >= 0.3 is 12.0 Å². The van der Waals surface area contributed by atoms with E-state index < -0.39 is 22.9 Å². The molecule has 1 atom stereocenters. The zero-order chi connectivity index (χ0) is 22.9. The van der Waals surface area contributed by atoms with Gasteiger partial charge < -0.3 is 19.3 Å². The minimum absolute atomic E-state index is 0.132. The first-order chi connectivity index (χ1) is 15.4. The van der Waals surface area contributed by atoms with Gasteiger partial charge in [-0.2, -0.15) is 0 Å². The number of carbonyl (C=O) groups excluding carboxylic acids is 1. The van der Waals surface area contributed by atoms with Crippen molar-refractivity contribution in [1.82, 2.24) is 9.88 Å². The summed E-state index contributed by atoms with van der Waals surface area (Å²) in [4.78, 5) is 29.8. The lowest BCUT2D eigenvalue weighted by Crippen LogP contribution is -2.46. The van der Waals surface area contributed by atoms with Gasteiger partial charge in [0.25, 0.3) is 0 Å². The van der Waals surface area contributed by atoms with Crippen LogP contribution in [-0.4, -0.2) is 56.5 Å². The number of nitrogens with zero attached hydrogens (tertiary/aromatic N) is 2. The van der Waals surface area contributed by atoms with Crippen molar-refractivity contribution in [3.05, 3.63) is 42.1 Å². The highest BCUT2D eigenvalue weighted by Gasteiger charge is 2.28. The quantitative estimate of drug-likeness (QED) is 0.394. The topological polar surface area (TPSA) is 115 Å². The molecule has 1 unspecified atom stereocenters. The second kappa shape index (κ2) is 12.2. The number of carbonyl (C=O) groups is 2.